The van der Waals surface area contributed by atoms with Gasteiger partial charge in [-0.15, -0.1) is 0 Å². The zero-order chi connectivity index (χ0) is 14.9. The van der Waals surface area contributed by atoms with E-state index in [1.807, 2.05) is 0 Å². The predicted octanol–water partition coefficient (Wildman–Crippen LogP) is 3.75. The molecule has 0 aliphatic carbocycles. The number of pyridine rings is 1. The zero-order valence-corrected chi connectivity index (χ0v) is 13.4. The molecule has 1 heterocycles. The van der Waals surface area contributed by atoms with Gasteiger partial charge in [0.1, 0.15) is 10.7 Å². The topological polar surface area (TPSA) is 59.1 Å². The number of anilines is 1. The molecular formula is C12H9BrClFN2O2S. The Bertz CT molecular complexity index is 768. The first-order valence-electron chi connectivity index (χ1n) is 5.39. The van der Waals surface area contributed by atoms with E-state index < -0.39 is 20.7 Å². The number of hydrogen-bond donors (Lipinski definition) is 1. The fraction of sp³-hybridized carbons (Fsp3) is 0.0833. The summed E-state index contributed by atoms with van der Waals surface area (Å²) in [6.45, 7) is 1.64. The van der Waals surface area contributed by atoms with Crippen LogP contribution in [0.3, 0.4) is 0 Å². The molecule has 2 aromatic rings. The van der Waals surface area contributed by atoms with Crippen molar-refractivity contribution in [1.29, 1.82) is 0 Å². The normalized spacial score (nSPS) is 11.4. The molecule has 0 fully saturated rings. The van der Waals surface area contributed by atoms with Gasteiger partial charge in [0.2, 0.25) is 0 Å². The minimum Gasteiger partial charge on any atom is -0.278 e. The number of rotatable bonds is 3. The Morgan fingerprint density at radius 1 is 1.35 bits per heavy atom. The van der Waals surface area contributed by atoms with Crippen molar-refractivity contribution in [2.24, 2.45) is 0 Å². The molecule has 0 bridgehead atoms. The number of benzene rings is 1. The summed E-state index contributed by atoms with van der Waals surface area (Å²) in [5.41, 5.74) is 0.750. The molecule has 8 heteroatoms. The summed E-state index contributed by atoms with van der Waals surface area (Å²) in [5, 5.41) is 0.127. The number of hydrogen-bond acceptors (Lipinski definition) is 3. The van der Waals surface area contributed by atoms with Crippen molar-refractivity contribution in [3.8, 4) is 0 Å². The predicted molar refractivity (Wildman–Crippen MR) is 78.9 cm³/mol. The molecule has 0 amide bonds. The van der Waals surface area contributed by atoms with E-state index in [1.54, 1.807) is 13.0 Å². The van der Waals surface area contributed by atoms with E-state index in [1.165, 1.54) is 12.3 Å². The van der Waals surface area contributed by atoms with Crippen molar-refractivity contribution in [2.75, 3.05) is 4.72 Å². The average molecular weight is 380 g/mol. The second kappa shape index (κ2) is 5.67. The highest BCUT2D eigenvalue weighted by Crippen LogP contribution is 2.24. The fourth-order valence-electron chi connectivity index (χ4n) is 1.50. The largest absolute Gasteiger partial charge is 0.278 e. The van der Waals surface area contributed by atoms with E-state index in [2.05, 4.69) is 25.6 Å². The number of aromatic nitrogens is 1. The summed E-state index contributed by atoms with van der Waals surface area (Å²) in [6.07, 6.45) is 1.54. The van der Waals surface area contributed by atoms with Gasteiger partial charge in [-0.2, -0.15) is 0 Å². The molecule has 0 atom stereocenters. The number of nitrogens with one attached hydrogen (secondary N) is 1. The van der Waals surface area contributed by atoms with Crippen LogP contribution in [0.2, 0.25) is 5.02 Å². The van der Waals surface area contributed by atoms with E-state index in [-0.39, 0.29) is 10.7 Å². The SMILES string of the molecule is Cc1ncc(Br)cc1NS(=O)(=O)c1ccc(Cl)cc1F. The van der Waals surface area contributed by atoms with Gasteiger partial charge in [-0.3, -0.25) is 9.71 Å². The molecule has 0 radical (unpaired) electrons. The van der Waals surface area contributed by atoms with Crippen molar-refractivity contribution >= 4 is 43.2 Å². The van der Waals surface area contributed by atoms with E-state index >= 15 is 0 Å². The lowest BCUT2D eigenvalue weighted by Gasteiger charge is -2.11. The molecule has 4 nitrogen and oxygen atoms in total. The highest BCUT2D eigenvalue weighted by molar-refractivity contribution is 9.10. The van der Waals surface area contributed by atoms with Gasteiger partial charge in [0.05, 0.1) is 11.4 Å². The zero-order valence-electron chi connectivity index (χ0n) is 10.2. The molecule has 20 heavy (non-hydrogen) atoms. The third-order valence-corrected chi connectivity index (χ3v) is 4.55. The van der Waals surface area contributed by atoms with E-state index in [0.717, 1.165) is 12.1 Å². The molecule has 0 aliphatic heterocycles. The summed E-state index contributed by atoms with van der Waals surface area (Å²) >= 11 is 8.80. The summed E-state index contributed by atoms with van der Waals surface area (Å²) in [5.74, 6) is -0.911. The van der Waals surface area contributed by atoms with E-state index in [4.69, 9.17) is 11.6 Å². The number of nitrogens with zero attached hydrogens (tertiary/aromatic N) is 1. The highest BCUT2D eigenvalue weighted by atomic mass is 79.9. The van der Waals surface area contributed by atoms with Crippen molar-refractivity contribution in [1.82, 2.24) is 4.98 Å². The second-order valence-corrected chi connectivity index (χ2v) is 6.97. The van der Waals surface area contributed by atoms with Crippen LogP contribution in [0.4, 0.5) is 10.1 Å². The van der Waals surface area contributed by atoms with Crippen molar-refractivity contribution < 1.29 is 12.8 Å². The van der Waals surface area contributed by atoms with Crippen LogP contribution in [0.15, 0.2) is 39.8 Å². The van der Waals surface area contributed by atoms with Crippen LogP contribution in [-0.2, 0) is 10.0 Å². The Labute approximate surface area is 129 Å². The Morgan fingerprint density at radius 3 is 2.70 bits per heavy atom. The minimum absolute atomic E-state index is 0.127. The van der Waals surface area contributed by atoms with Gasteiger partial charge in [0.15, 0.2) is 0 Å². The fourth-order valence-corrected chi connectivity index (χ4v) is 3.16. The quantitative estimate of drug-likeness (QED) is 0.883. The van der Waals surface area contributed by atoms with Crippen LogP contribution < -0.4 is 4.72 Å². The van der Waals surface area contributed by atoms with Crippen LogP contribution in [0, 0.1) is 12.7 Å². The minimum atomic E-state index is -4.04. The average Bonchev–Trinajstić information content (AvgIpc) is 2.33. The summed E-state index contributed by atoms with van der Waals surface area (Å²) in [7, 11) is -4.04. The van der Waals surface area contributed by atoms with E-state index in [0.29, 0.717) is 10.2 Å². The maximum Gasteiger partial charge on any atom is 0.264 e. The second-order valence-electron chi connectivity index (χ2n) is 3.97. The van der Waals surface area contributed by atoms with Crippen LogP contribution in [0.5, 0.6) is 0 Å². The van der Waals surface area contributed by atoms with Gasteiger partial charge < -0.3 is 0 Å². The lowest BCUT2D eigenvalue weighted by molar-refractivity contribution is 0.570. The summed E-state index contributed by atoms with van der Waals surface area (Å²) < 4.78 is 40.9. The van der Waals surface area contributed by atoms with Crippen molar-refractivity contribution in [3.63, 3.8) is 0 Å². The standard InChI is InChI=1S/C12H9BrClFN2O2S/c1-7-11(4-8(13)6-16-7)17-20(18,19)12-3-2-9(14)5-10(12)15/h2-6,17H,1H3. The first-order chi connectivity index (χ1) is 9.29. The molecule has 2 rings (SSSR count). The lowest BCUT2D eigenvalue weighted by atomic mass is 10.3. The lowest BCUT2D eigenvalue weighted by Crippen LogP contribution is -2.15. The van der Waals surface area contributed by atoms with Crippen LogP contribution in [0.1, 0.15) is 5.69 Å². The Hall–Kier alpha value is -1.18. The first-order valence-corrected chi connectivity index (χ1v) is 8.05. The monoisotopic (exact) mass is 378 g/mol. The molecular weight excluding hydrogens is 371 g/mol. The third-order valence-electron chi connectivity index (χ3n) is 2.48. The number of aryl methyl sites for hydroxylation is 1. The van der Waals surface area contributed by atoms with E-state index in [9.17, 15) is 12.8 Å². The Balaban J connectivity index is 2.43. The molecule has 1 aromatic carbocycles. The van der Waals surface area contributed by atoms with Gasteiger partial charge in [0, 0.05) is 15.7 Å². The highest BCUT2D eigenvalue weighted by Gasteiger charge is 2.20. The van der Waals surface area contributed by atoms with Crippen LogP contribution in [-0.4, -0.2) is 13.4 Å². The molecule has 0 spiro atoms. The molecule has 1 aromatic heterocycles. The van der Waals surface area contributed by atoms with Crippen LogP contribution >= 0.6 is 27.5 Å². The molecule has 0 saturated heterocycles. The molecule has 0 saturated carbocycles. The Kier molecular flexibility index (Phi) is 4.31. The summed E-state index contributed by atoms with van der Waals surface area (Å²) in [6, 6.07) is 4.92. The van der Waals surface area contributed by atoms with Gasteiger partial charge >= 0.3 is 0 Å². The van der Waals surface area contributed by atoms with Gasteiger partial charge in [-0.25, -0.2) is 12.8 Å². The molecule has 0 aliphatic rings. The van der Waals surface area contributed by atoms with Gasteiger partial charge in [-0.1, -0.05) is 11.6 Å². The maximum atomic E-state index is 13.7. The molecule has 0 unspecified atom stereocenters. The number of halogens is 3. The van der Waals surface area contributed by atoms with Gasteiger partial charge in [-0.05, 0) is 47.1 Å². The van der Waals surface area contributed by atoms with Gasteiger partial charge in [0.25, 0.3) is 10.0 Å². The summed E-state index contributed by atoms with van der Waals surface area (Å²) in [4.78, 5) is 3.53. The van der Waals surface area contributed by atoms with Crippen molar-refractivity contribution in [2.45, 2.75) is 11.8 Å². The van der Waals surface area contributed by atoms with Crippen molar-refractivity contribution in [3.05, 3.63) is 51.5 Å². The third kappa shape index (κ3) is 3.28. The molecule has 106 valence electrons. The smallest absolute Gasteiger partial charge is 0.264 e. The maximum absolute atomic E-state index is 13.7. The Morgan fingerprint density at radius 2 is 2.05 bits per heavy atom. The first kappa shape index (κ1) is 15.2. The van der Waals surface area contributed by atoms with Crippen LogP contribution in [0.25, 0.3) is 0 Å². The molecule has 1 N–H and O–H groups in total. The number of sulfonamides is 1.